The number of carbonyl (C=O) groups is 1. The molecule has 1 aliphatic rings. The summed E-state index contributed by atoms with van der Waals surface area (Å²) < 4.78 is 16.3. The molecule has 1 saturated carbocycles. The highest BCUT2D eigenvalue weighted by Gasteiger charge is 2.29. The third-order valence-electron chi connectivity index (χ3n) is 4.60. The van der Waals surface area contributed by atoms with Crippen LogP contribution in [0.15, 0.2) is 24.3 Å². The lowest BCUT2D eigenvalue weighted by molar-refractivity contribution is -0.151. The van der Waals surface area contributed by atoms with Crippen molar-refractivity contribution in [2.75, 3.05) is 13.9 Å². The second kappa shape index (κ2) is 10.3. The van der Waals surface area contributed by atoms with E-state index in [-0.39, 0.29) is 24.8 Å². The molecule has 0 aliphatic heterocycles. The molecule has 0 heterocycles. The Hall–Kier alpha value is -1.55. The van der Waals surface area contributed by atoms with E-state index in [4.69, 9.17) is 14.2 Å². The van der Waals surface area contributed by atoms with Crippen LogP contribution in [0, 0.1) is 0 Å². The Morgan fingerprint density at radius 1 is 1.21 bits per heavy atom. The SMILES string of the molecule is CCCCCC(=O)OC1CCCCC1c1cccc(OCOC)c1. The second-order valence-electron chi connectivity index (χ2n) is 6.50. The van der Waals surface area contributed by atoms with Gasteiger partial charge in [0.1, 0.15) is 11.9 Å². The van der Waals surface area contributed by atoms with E-state index in [1.807, 2.05) is 18.2 Å². The maximum Gasteiger partial charge on any atom is 0.306 e. The summed E-state index contributed by atoms with van der Waals surface area (Å²) in [5, 5.41) is 0. The van der Waals surface area contributed by atoms with Crippen molar-refractivity contribution in [2.24, 2.45) is 0 Å². The van der Waals surface area contributed by atoms with Crippen molar-refractivity contribution in [3.63, 3.8) is 0 Å². The number of rotatable bonds is 9. The predicted octanol–water partition coefficient (Wildman–Crippen LogP) is 4.82. The van der Waals surface area contributed by atoms with E-state index in [9.17, 15) is 4.79 Å². The smallest absolute Gasteiger partial charge is 0.306 e. The molecule has 2 unspecified atom stereocenters. The minimum Gasteiger partial charge on any atom is -0.468 e. The maximum atomic E-state index is 12.1. The molecule has 0 radical (unpaired) electrons. The van der Waals surface area contributed by atoms with Crippen LogP contribution >= 0.6 is 0 Å². The molecule has 0 saturated heterocycles. The minimum absolute atomic E-state index is 0.00875. The number of benzene rings is 1. The normalized spacial score (nSPS) is 20.6. The third kappa shape index (κ3) is 5.82. The van der Waals surface area contributed by atoms with Crippen LogP contribution in [0.1, 0.15) is 69.8 Å². The Morgan fingerprint density at radius 3 is 2.83 bits per heavy atom. The van der Waals surface area contributed by atoms with Crippen LogP contribution in [0.5, 0.6) is 5.75 Å². The number of unbranched alkanes of at least 4 members (excludes halogenated alkanes) is 2. The third-order valence-corrected chi connectivity index (χ3v) is 4.60. The van der Waals surface area contributed by atoms with Crippen LogP contribution in [0.2, 0.25) is 0 Å². The number of hydrogen-bond acceptors (Lipinski definition) is 4. The first-order chi connectivity index (χ1) is 11.7. The standard InChI is InChI=1S/C20H30O4/c1-3-4-5-13-20(21)24-19-12-7-6-11-18(19)16-9-8-10-17(14-16)23-15-22-2/h8-10,14,18-19H,3-7,11-13,15H2,1-2H3. The van der Waals surface area contributed by atoms with Crippen molar-refractivity contribution in [3.05, 3.63) is 29.8 Å². The summed E-state index contributed by atoms with van der Waals surface area (Å²) in [5.41, 5.74) is 1.19. The van der Waals surface area contributed by atoms with Gasteiger partial charge in [0.05, 0.1) is 0 Å². The summed E-state index contributed by atoms with van der Waals surface area (Å²) in [6.45, 7) is 2.38. The summed E-state index contributed by atoms with van der Waals surface area (Å²) >= 11 is 0. The van der Waals surface area contributed by atoms with E-state index in [1.165, 1.54) is 12.0 Å². The van der Waals surface area contributed by atoms with Crippen LogP contribution in [0.25, 0.3) is 0 Å². The Labute approximate surface area is 145 Å². The van der Waals surface area contributed by atoms with Crippen molar-refractivity contribution in [2.45, 2.75) is 70.3 Å². The van der Waals surface area contributed by atoms with Gasteiger partial charge in [0.25, 0.3) is 0 Å². The summed E-state index contributed by atoms with van der Waals surface area (Å²) in [4.78, 5) is 12.1. The highest BCUT2D eigenvalue weighted by molar-refractivity contribution is 5.69. The molecule has 1 aromatic carbocycles. The van der Waals surface area contributed by atoms with Crippen molar-refractivity contribution >= 4 is 5.97 Å². The molecule has 0 aromatic heterocycles. The van der Waals surface area contributed by atoms with E-state index < -0.39 is 0 Å². The van der Waals surface area contributed by atoms with Gasteiger partial charge in [-0.15, -0.1) is 0 Å². The molecule has 4 heteroatoms. The fourth-order valence-corrected chi connectivity index (χ4v) is 3.33. The quantitative estimate of drug-likeness (QED) is 0.369. The van der Waals surface area contributed by atoms with Gasteiger partial charge >= 0.3 is 5.97 Å². The van der Waals surface area contributed by atoms with Gasteiger partial charge in [-0.2, -0.15) is 0 Å². The molecule has 2 rings (SSSR count). The molecule has 4 nitrogen and oxygen atoms in total. The van der Waals surface area contributed by atoms with Crippen LogP contribution in [0.3, 0.4) is 0 Å². The monoisotopic (exact) mass is 334 g/mol. The topological polar surface area (TPSA) is 44.8 Å². The van der Waals surface area contributed by atoms with Crippen LogP contribution in [-0.4, -0.2) is 26.0 Å². The maximum absolute atomic E-state index is 12.1. The molecule has 0 N–H and O–H groups in total. The highest BCUT2D eigenvalue weighted by atomic mass is 16.7. The van der Waals surface area contributed by atoms with Crippen LogP contribution < -0.4 is 4.74 Å². The highest BCUT2D eigenvalue weighted by Crippen LogP contribution is 2.36. The molecule has 24 heavy (non-hydrogen) atoms. The molecule has 1 aliphatic carbocycles. The van der Waals surface area contributed by atoms with E-state index in [0.717, 1.165) is 44.3 Å². The fraction of sp³-hybridized carbons (Fsp3) is 0.650. The van der Waals surface area contributed by atoms with Crippen molar-refractivity contribution in [1.82, 2.24) is 0 Å². The van der Waals surface area contributed by atoms with E-state index in [1.54, 1.807) is 7.11 Å². The number of ether oxygens (including phenoxy) is 3. The van der Waals surface area contributed by atoms with Gasteiger partial charge in [-0.1, -0.05) is 38.3 Å². The summed E-state index contributed by atoms with van der Waals surface area (Å²) in [6, 6.07) is 8.08. The fourth-order valence-electron chi connectivity index (χ4n) is 3.33. The molecule has 134 valence electrons. The largest absolute Gasteiger partial charge is 0.468 e. The van der Waals surface area contributed by atoms with Gasteiger partial charge in [-0.05, 0) is 43.4 Å². The van der Waals surface area contributed by atoms with Gasteiger partial charge < -0.3 is 14.2 Å². The first kappa shape index (κ1) is 18.8. The Kier molecular flexibility index (Phi) is 8.10. The summed E-state index contributed by atoms with van der Waals surface area (Å²) in [6.07, 6.45) is 7.97. The van der Waals surface area contributed by atoms with Gasteiger partial charge in [-0.25, -0.2) is 0 Å². The zero-order valence-electron chi connectivity index (χ0n) is 15.0. The lowest BCUT2D eigenvalue weighted by Gasteiger charge is -2.31. The Balaban J connectivity index is 1.99. The van der Waals surface area contributed by atoms with E-state index in [0.29, 0.717) is 6.42 Å². The zero-order valence-corrected chi connectivity index (χ0v) is 15.0. The average Bonchev–Trinajstić information content (AvgIpc) is 2.61. The second-order valence-corrected chi connectivity index (χ2v) is 6.50. The van der Waals surface area contributed by atoms with E-state index >= 15 is 0 Å². The van der Waals surface area contributed by atoms with Crippen molar-refractivity contribution in [3.8, 4) is 5.75 Å². The number of hydrogen-bond donors (Lipinski definition) is 0. The van der Waals surface area contributed by atoms with E-state index in [2.05, 4.69) is 13.0 Å². The molecular formula is C20H30O4. The molecule has 2 atom stereocenters. The first-order valence-electron chi connectivity index (χ1n) is 9.15. The summed E-state index contributed by atoms with van der Waals surface area (Å²) in [7, 11) is 1.61. The number of methoxy groups -OCH3 is 1. The molecule has 0 bridgehead atoms. The lowest BCUT2D eigenvalue weighted by Crippen LogP contribution is -2.28. The number of esters is 1. The van der Waals surface area contributed by atoms with Gasteiger partial charge in [0, 0.05) is 19.4 Å². The minimum atomic E-state index is -0.0489. The predicted molar refractivity (Wildman–Crippen MR) is 94.2 cm³/mol. The first-order valence-corrected chi connectivity index (χ1v) is 9.15. The van der Waals surface area contributed by atoms with Gasteiger partial charge in [0.2, 0.25) is 0 Å². The average molecular weight is 334 g/mol. The zero-order chi connectivity index (χ0) is 17.2. The molecule has 0 spiro atoms. The Bertz CT molecular complexity index is 500. The van der Waals surface area contributed by atoms with Crippen LogP contribution in [0.4, 0.5) is 0 Å². The molecule has 0 amide bonds. The Morgan fingerprint density at radius 2 is 2.04 bits per heavy atom. The molecule has 1 fully saturated rings. The van der Waals surface area contributed by atoms with Crippen molar-refractivity contribution in [1.29, 1.82) is 0 Å². The van der Waals surface area contributed by atoms with Gasteiger partial charge in [0.15, 0.2) is 6.79 Å². The lowest BCUT2D eigenvalue weighted by atomic mass is 9.81. The summed E-state index contributed by atoms with van der Waals surface area (Å²) in [5.74, 6) is 1.01. The molecule has 1 aromatic rings. The van der Waals surface area contributed by atoms with Crippen LogP contribution in [-0.2, 0) is 14.3 Å². The number of carbonyl (C=O) groups excluding carboxylic acids is 1. The van der Waals surface area contributed by atoms with Gasteiger partial charge in [-0.3, -0.25) is 4.79 Å². The van der Waals surface area contributed by atoms with Crippen molar-refractivity contribution < 1.29 is 19.0 Å². The molecular weight excluding hydrogens is 304 g/mol.